The number of aliphatic hydroxyl groups is 1. The molecule has 1 aliphatic rings. The molecule has 3 aromatic rings. The van der Waals surface area contributed by atoms with Gasteiger partial charge >= 0.3 is 6.18 Å². The van der Waals surface area contributed by atoms with Gasteiger partial charge < -0.3 is 15.7 Å². The second kappa shape index (κ2) is 8.46. The maximum Gasteiger partial charge on any atom is 0.390 e. The van der Waals surface area contributed by atoms with Crippen LogP contribution in [0.15, 0.2) is 36.7 Å². The molecule has 6 nitrogen and oxygen atoms in total. The zero-order chi connectivity index (χ0) is 23.0. The summed E-state index contributed by atoms with van der Waals surface area (Å²) in [6, 6.07) is 7.36. The smallest absolute Gasteiger partial charge is 0.389 e. The number of imidazole rings is 1. The van der Waals surface area contributed by atoms with Crippen molar-refractivity contribution in [2.24, 2.45) is 0 Å². The maximum atomic E-state index is 12.6. The fourth-order valence-electron chi connectivity index (χ4n) is 3.59. The van der Waals surface area contributed by atoms with E-state index in [0.717, 1.165) is 24.0 Å². The van der Waals surface area contributed by atoms with Gasteiger partial charge in [-0.25, -0.2) is 4.98 Å². The van der Waals surface area contributed by atoms with Gasteiger partial charge in [-0.1, -0.05) is 6.07 Å². The number of aliphatic hydroxyl groups excluding tert-OH is 1. The molecule has 170 valence electrons. The molecule has 0 unspecified atom stereocenters. The Bertz CT molecular complexity index is 1150. The Morgan fingerprint density at radius 2 is 2.06 bits per heavy atom. The zero-order valence-corrected chi connectivity index (χ0v) is 17.8. The first kappa shape index (κ1) is 22.1. The predicted octanol–water partition coefficient (Wildman–Crippen LogP) is 4.62. The number of amides is 1. The minimum Gasteiger partial charge on any atom is -0.389 e. The Labute approximate surface area is 183 Å². The first-order valence-electron chi connectivity index (χ1n) is 10.5. The average Bonchev–Trinajstić information content (AvgIpc) is 3.41. The number of nitrogens with zero attached hydrogens (tertiary/aromatic N) is 2. The van der Waals surface area contributed by atoms with E-state index in [-0.39, 0.29) is 18.5 Å². The zero-order valence-electron chi connectivity index (χ0n) is 17.8. The van der Waals surface area contributed by atoms with Crippen LogP contribution in [-0.2, 0) is 0 Å². The Hall–Kier alpha value is -3.07. The van der Waals surface area contributed by atoms with Crippen molar-refractivity contribution in [3.63, 3.8) is 0 Å². The van der Waals surface area contributed by atoms with E-state index in [4.69, 9.17) is 0 Å². The second-order valence-electron chi connectivity index (χ2n) is 8.27. The first-order valence-corrected chi connectivity index (χ1v) is 10.5. The topological polar surface area (TPSA) is 78.7 Å². The van der Waals surface area contributed by atoms with Crippen molar-refractivity contribution in [2.75, 3.05) is 11.9 Å². The van der Waals surface area contributed by atoms with Crippen molar-refractivity contribution in [1.82, 2.24) is 14.7 Å². The second-order valence-corrected chi connectivity index (χ2v) is 8.27. The van der Waals surface area contributed by atoms with Crippen LogP contribution in [0.2, 0.25) is 0 Å². The highest BCUT2D eigenvalue weighted by Crippen LogP contribution is 2.30. The number of pyridine rings is 1. The molecular formula is C23H25F3N4O2. The van der Waals surface area contributed by atoms with E-state index in [0.29, 0.717) is 28.2 Å². The number of rotatable bonds is 7. The van der Waals surface area contributed by atoms with Gasteiger partial charge in [-0.05, 0) is 56.0 Å². The number of halogens is 3. The molecule has 1 amide bonds. The third-order valence-corrected chi connectivity index (χ3v) is 5.51. The number of aromatic nitrogens is 2. The fraction of sp³-hybridized carbons (Fsp3) is 0.391. The van der Waals surface area contributed by atoms with E-state index >= 15 is 0 Å². The van der Waals surface area contributed by atoms with Crippen LogP contribution < -0.4 is 10.6 Å². The summed E-state index contributed by atoms with van der Waals surface area (Å²) in [5.41, 5.74) is 4.35. The van der Waals surface area contributed by atoms with Gasteiger partial charge in [-0.15, -0.1) is 0 Å². The van der Waals surface area contributed by atoms with Crippen LogP contribution in [0.5, 0.6) is 0 Å². The molecule has 3 N–H and O–H groups in total. The Kier molecular flexibility index (Phi) is 5.85. The summed E-state index contributed by atoms with van der Waals surface area (Å²) >= 11 is 0. The van der Waals surface area contributed by atoms with Gasteiger partial charge in [-0.2, -0.15) is 13.2 Å². The third kappa shape index (κ3) is 4.88. The first-order chi connectivity index (χ1) is 15.1. The number of nitrogens with one attached hydrogen (secondary N) is 2. The lowest BCUT2D eigenvalue weighted by atomic mass is 10.0. The van der Waals surface area contributed by atoms with Crippen LogP contribution in [0.1, 0.15) is 53.8 Å². The van der Waals surface area contributed by atoms with Crippen molar-refractivity contribution < 1.29 is 23.1 Å². The molecule has 0 radical (unpaired) electrons. The number of carbonyl (C=O) groups is 1. The summed E-state index contributed by atoms with van der Waals surface area (Å²) in [4.78, 5) is 16.8. The number of hydrogen-bond donors (Lipinski definition) is 3. The molecule has 0 saturated heterocycles. The Morgan fingerprint density at radius 1 is 1.31 bits per heavy atom. The maximum absolute atomic E-state index is 12.6. The van der Waals surface area contributed by atoms with Crippen molar-refractivity contribution in [1.29, 1.82) is 0 Å². The molecule has 0 bridgehead atoms. The lowest BCUT2D eigenvalue weighted by Gasteiger charge is -2.14. The minimum absolute atomic E-state index is 0.0952. The largest absolute Gasteiger partial charge is 0.390 e. The van der Waals surface area contributed by atoms with Crippen LogP contribution in [0.25, 0.3) is 16.9 Å². The molecule has 1 aromatic carbocycles. The van der Waals surface area contributed by atoms with Crippen molar-refractivity contribution in [3.05, 3.63) is 53.3 Å². The van der Waals surface area contributed by atoms with E-state index in [1.807, 2.05) is 19.1 Å². The van der Waals surface area contributed by atoms with Crippen LogP contribution in [0.4, 0.5) is 18.9 Å². The SMILES string of the molecule is Cc1cc(-c2cnc3c(NCCC(F)(F)F)cc([C@H](C)O)cn23)ccc1C(=O)NC1CC1. The van der Waals surface area contributed by atoms with Crippen LogP contribution in [-0.4, -0.2) is 39.2 Å². The van der Waals surface area contributed by atoms with E-state index in [2.05, 4.69) is 15.6 Å². The number of hydrogen-bond acceptors (Lipinski definition) is 4. The van der Waals surface area contributed by atoms with Gasteiger partial charge in [0.05, 0.1) is 30.1 Å². The Balaban J connectivity index is 1.68. The van der Waals surface area contributed by atoms with Gasteiger partial charge in [0.15, 0.2) is 5.65 Å². The molecule has 9 heteroatoms. The lowest BCUT2D eigenvalue weighted by molar-refractivity contribution is -0.131. The van der Waals surface area contributed by atoms with Crippen LogP contribution in [0.3, 0.4) is 0 Å². The highest BCUT2D eigenvalue weighted by Gasteiger charge is 2.27. The predicted molar refractivity (Wildman–Crippen MR) is 116 cm³/mol. The molecule has 1 atom stereocenters. The fourth-order valence-corrected chi connectivity index (χ4v) is 3.59. The van der Waals surface area contributed by atoms with Gasteiger partial charge in [0, 0.05) is 29.9 Å². The number of fused-ring (bicyclic) bond motifs is 1. The molecule has 2 aromatic heterocycles. The van der Waals surface area contributed by atoms with Gasteiger partial charge in [0.25, 0.3) is 5.91 Å². The summed E-state index contributed by atoms with van der Waals surface area (Å²) in [6.45, 7) is 3.16. The molecule has 1 saturated carbocycles. The summed E-state index contributed by atoms with van der Waals surface area (Å²) in [7, 11) is 0. The molecule has 0 spiro atoms. The standard InChI is InChI=1S/C23H25F3N4O2/c1-13-9-15(3-6-18(13)22(32)29-17-4-5-17)20-11-28-21-19(27-8-7-23(24,25)26)10-16(14(2)31)12-30(20)21/h3,6,9-12,14,17,27,31H,4-5,7-8H2,1-2H3,(H,29,32)/t14-/m0/s1. The highest BCUT2D eigenvalue weighted by atomic mass is 19.4. The van der Waals surface area contributed by atoms with E-state index in [9.17, 15) is 23.1 Å². The highest BCUT2D eigenvalue weighted by molar-refractivity contribution is 5.96. The molecule has 0 aliphatic heterocycles. The van der Waals surface area contributed by atoms with Gasteiger partial charge in [0.2, 0.25) is 0 Å². The van der Waals surface area contributed by atoms with Crippen LogP contribution in [0, 0.1) is 6.92 Å². The quantitative estimate of drug-likeness (QED) is 0.495. The molecule has 32 heavy (non-hydrogen) atoms. The average molecular weight is 446 g/mol. The van der Waals surface area contributed by atoms with Crippen LogP contribution >= 0.6 is 0 Å². The number of carbonyl (C=O) groups excluding carboxylic acids is 1. The summed E-state index contributed by atoms with van der Waals surface area (Å²) in [6.07, 6.45) is -0.681. The summed E-state index contributed by atoms with van der Waals surface area (Å²) in [5.74, 6) is -0.0952. The van der Waals surface area contributed by atoms with Crippen molar-refractivity contribution >= 4 is 17.2 Å². The number of anilines is 1. The van der Waals surface area contributed by atoms with E-state index < -0.39 is 18.7 Å². The van der Waals surface area contributed by atoms with Crippen molar-refractivity contribution in [3.8, 4) is 11.3 Å². The molecule has 2 heterocycles. The molecular weight excluding hydrogens is 421 g/mol. The molecule has 1 fully saturated rings. The summed E-state index contributed by atoms with van der Waals surface area (Å²) in [5, 5.41) is 15.9. The molecule has 4 rings (SSSR count). The van der Waals surface area contributed by atoms with Gasteiger partial charge in [0.1, 0.15) is 0 Å². The number of benzene rings is 1. The van der Waals surface area contributed by atoms with Crippen molar-refractivity contribution in [2.45, 2.75) is 51.4 Å². The normalized spacial score (nSPS) is 15.1. The molecule has 1 aliphatic carbocycles. The van der Waals surface area contributed by atoms with Gasteiger partial charge in [-0.3, -0.25) is 9.20 Å². The number of aryl methyl sites for hydroxylation is 1. The lowest BCUT2D eigenvalue weighted by Crippen LogP contribution is -2.26. The minimum atomic E-state index is -4.27. The monoisotopic (exact) mass is 446 g/mol. The number of alkyl halides is 3. The third-order valence-electron chi connectivity index (χ3n) is 5.51. The van der Waals surface area contributed by atoms with E-state index in [1.165, 1.54) is 0 Å². The Morgan fingerprint density at radius 3 is 2.69 bits per heavy atom. The summed E-state index contributed by atoms with van der Waals surface area (Å²) < 4.78 is 39.5. The van der Waals surface area contributed by atoms with E-state index in [1.54, 1.807) is 35.9 Å².